The summed E-state index contributed by atoms with van der Waals surface area (Å²) < 4.78 is 16.8. The number of nitrogens with zero attached hydrogens (tertiary/aromatic N) is 1. The number of aliphatic imine (C=N–C) groups is 1. The highest BCUT2D eigenvalue weighted by molar-refractivity contribution is 7.53. The van der Waals surface area contributed by atoms with E-state index in [-0.39, 0.29) is 56.4 Å². The first-order valence-corrected chi connectivity index (χ1v) is 10.2. The van der Waals surface area contributed by atoms with Crippen LogP contribution < -0.4 is 5.73 Å². The van der Waals surface area contributed by atoms with Crippen LogP contribution in [0, 0.1) is 0 Å². The second-order valence-corrected chi connectivity index (χ2v) is 7.78. The van der Waals surface area contributed by atoms with E-state index in [9.17, 15) is 23.8 Å². The number of carbonyl (C=O) groups excluding carboxylic acids is 1. The van der Waals surface area contributed by atoms with E-state index < -0.39 is 37.3 Å². The SMILES string of the molecule is C=C(CCC(=O)O)CP(=O)(O)OCCCC(=NC(=O)CC/C(N)=C/OO)C(=O)O. The molecule has 0 saturated carbocycles. The molecule has 0 heterocycles. The van der Waals surface area contributed by atoms with Crippen LogP contribution in [0.4, 0.5) is 0 Å². The summed E-state index contributed by atoms with van der Waals surface area (Å²) in [5.74, 6) is -3.23. The van der Waals surface area contributed by atoms with E-state index in [0.717, 1.165) is 6.26 Å². The first-order chi connectivity index (χ1) is 13.5. The maximum atomic E-state index is 11.9. The molecule has 0 bridgehead atoms. The predicted molar refractivity (Wildman–Crippen MR) is 101 cm³/mol. The maximum absolute atomic E-state index is 11.9. The molecule has 0 aromatic heterocycles. The predicted octanol–water partition coefficient (Wildman–Crippen LogP) is 1.51. The second kappa shape index (κ2) is 13.6. The third-order valence-electron chi connectivity index (χ3n) is 3.30. The lowest BCUT2D eigenvalue weighted by atomic mass is 10.2. The Bertz CT molecular complexity index is 716. The Morgan fingerprint density at radius 3 is 2.31 bits per heavy atom. The number of amides is 1. The smallest absolute Gasteiger partial charge is 0.350 e. The Balaban J connectivity index is 4.49. The van der Waals surface area contributed by atoms with Gasteiger partial charge in [-0.3, -0.25) is 14.2 Å². The second-order valence-electron chi connectivity index (χ2n) is 5.93. The Morgan fingerprint density at radius 2 is 1.76 bits per heavy atom. The molecular formula is C16H25N2O10P. The Hall–Kier alpha value is -2.53. The van der Waals surface area contributed by atoms with Crippen LogP contribution in [-0.4, -0.2) is 56.7 Å². The quantitative estimate of drug-likeness (QED) is 0.0473. The van der Waals surface area contributed by atoms with Gasteiger partial charge in [-0.15, -0.1) is 0 Å². The van der Waals surface area contributed by atoms with Gasteiger partial charge < -0.3 is 30.3 Å². The zero-order chi connectivity index (χ0) is 22.4. The van der Waals surface area contributed by atoms with E-state index in [1.165, 1.54) is 0 Å². The van der Waals surface area contributed by atoms with Crippen molar-refractivity contribution in [3.63, 3.8) is 0 Å². The Morgan fingerprint density at radius 1 is 1.10 bits per heavy atom. The van der Waals surface area contributed by atoms with Crippen LogP contribution in [0.2, 0.25) is 0 Å². The molecule has 164 valence electrons. The molecule has 0 aromatic rings. The average Bonchev–Trinajstić information content (AvgIpc) is 2.60. The van der Waals surface area contributed by atoms with E-state index in [2.05, 4.69) is 16.5 Å². The number of rotatable bonds is 15. The number of carboxylic acid groups (broad SMARTS) is 2. The topological polar surface area (TPSA) is 206 Å². The normalized spacial score (nSPS) is 14.1. The highest BCUT2D eigenvalue weighted by atomic mass is 31.2. The molecule has 0 fully saturated rings. The summed E-state index contributed by atoms with van der Waals surface area (Å²) in [5.41, 5.74) is 5.25. The van der Waals surface area contributed by atoms with Crippen molar-refractivity contribution in [1.29, 1.82) is 0 Å². The molecule has 0 aliphatic heterocycles. The summed E-state index contributed by atoms with van der Waals surface area (Å²) in [5, 5.41) is 25.8. The lowest BCUT2D eigenvalue weighted by molar-refractivity contribution is -0.187. The van der Waals surface area contributed by atoms with Crippen LogP contribution in [0.5, 0.6) is 0 Å². The van der Waals surface area contributed by atoms with Gasteiger partial charge in [0.15, 0.2) is 0 Å². The van der Waals surface area contributed by atoms with Gasteiger partial charge in [-0.2, -0.15) is 0 Å². The van der Waals surface area contributed by atoms with E-state index in [4.69, 9.17) is 25.7 Å². The number of carbonyl (C=O) groups is 3. The van der Waals surface area contributed by atoms with Gasteiger partial charge in [0.05, 0.1) is 12.8 Å². The number of nitrogens with two attached hydrogens (primary N) is 1. The summed E-state index contributed by atoms with van der Waals surface area (Å²) >= 11 is 0. The molecule has 0 radical (unpaired) electrons. The van der Waals surface area contributed by atoms with Gasteiger partial charge in [-0.1, -0.05) is 12.2 Å². The molecule has 0 saturated heterocycles. The molecule has 12 nitrogen and oxygen atoms in total. The number of allylic oxidation sites excluding steroid dienone is 2. The van der Waals surface area contributed by atoms with Crippen molar-refractivity contribution in [2.75, 3.05) is 12.8 Å². The minimum absolute atomic E-state index is 0.00162. The van der Waals surface area contributed by atoms with E-state index >= 15 is 0 Å². The molecular weight excluding hydrogens is 411 g/mol. The van der Waals surface area contributed by atoms with Crippen LogP contribution in [0.25, 0.3) is 0 Å². The van der Waals surface area contributed by atoms with Gasteiger partial charge in [-0.25, -0.2) is 15.0 Å². The van der Waals surface area contributed by atoms with E-state index in [0.29, 0.717) is 0 Å². The van der Waals surface area contributed by atoms with Gasteiger partial charge in [0.2, 0.25) is 5.91 Å². The summed E-state index contributed by atoms with van der Waals surface area (Å²) in [6.45, 7) is 3.25. The van der Waals surface area contributed by atoms with Gasteiger partial charge in [0, 0.05) is 18.5 Å². The van der Waals surface area contributed by atoms with E-state index in [1.54, 1.807) is 0 Å². The van der Waals surface area contributed by atoms with Gasteiger partial charge in [0.1, 0.15) is 12.0 Å². The van der Waals surface area contributed by atoms with Crippen LogP contribution in [0.15, 0.2) is 29.1 Å². The number of hydrogen-bond donors (Lipinski definition) is 5. The molecule has 13 heteroatoms. The zero-order valence-corrected chi connectivity index (χ0v) is 16.5. The molecule has 0 aliphatic carbocycles. The molecule has 1 amide bonds. The van der Waals surface area contributed by atoms with Crippen LogP contribution in [-0.2, 0) is 28.4 Å². The first kappa shape index (κ1) is 26.5. The molecule has 0 aromatic carbocycles. The van der Waals surface area contributed by atoms with Crippen LogP contribution in [0.3, 0.4) is 0 Å². The standard InChI is InChI=1S/C16H25N2O10P/c1-11(4-7-15(20)21)10-29(25,26)28-8-2-3-13(16(22)23)18-14(19)6-5-12(17)9-27-24/h9,24H,1-8,10,17H2,(H,20,21)(H,22,23)(H,25,26)/b12-9-,18-13?. The Labute approximate surface area is 166 Å². The molecule has 1 atom stereocenters. The van der Waals surface area contributed by atoms with E-state index in [1.807, 2.05) is 0 Å². The van der Waals surface area contributed by atoms with Crippen molar-refractivity contribution in [1.82, 2.24) is 0 Å². The summed E-state index contributed by atoms with van der Waals surface area (Å²) in [6, 6.07) is 0. The number of hydrogen-bond acceptors (Lipinski definition) is 8. The molecule has 0 spiro atoms. The number of carboxylic acids is 2. The zero-order valence-electron chi connectivity index (χ0n) is 15.7. The van der Waals surface area contributed by atoms with Crippen molar-refractivity contribution < 1.29 is 48.7 Å². The van der Waals surface area contributed by atoms with Crippen molar-refractivity contribution in [2.45, 2.75) is 38.5 Å². The fourth-order valence-corrected chi connectivity index (χ4v) is 3.16. The van der Waals surface area contributed by atoms with Crippen LogP contribution in [0.1, 0.15) is 38.5 Å². The molecule has 6 N–H and O–H groups in total. The highest BCUT2D eigenvalue weighted by Gasteiger charge is 2.21. The summed E-state index contributed by atoms with van der Waals surface area (Å²) in [4.78, 5) is 50.2. The minimum atomic E-state index is -4.05. The molecule has 0 aliphatic rings. The van der Waals surface area contributed by atoms with Crippen molar-refractivity contribution in [3.05, 3.63) is 24.1 Å². The third-order valence-corrected chi connectivity index (χ3v) is 4.74. The summed E-state index contributed by atoms with van der Waals surface area (Å²) in [7, 11) is -4.05. The maximum Gasteiger partial charge on any atom is 0.350 e. The fourth-order valence-electron chi connectivity index (χ4n) is 1.93. The van der Waals surface area contributed by atoms with Crippen molar-refractivity contribution >= 4 is 31.2 Å². The monoisotopic (exact) mass is 436 g/mol. The van der Waals surface area contributed by atoms with Gasteiger partial charge >= 0.3 is 19.5 Å². The highest BCUT2D eigenvalue weighted by Crippen LogP contribution is 2.44. The summed E-state index contributed by atoms with van der Waals surface area (Å²) in [6.07, 6.45) is -0.176. The first-order valence-electron chi connectivity index (χ1n) is 8.40. The van der Waals surface area contributed by atoms with Crippen molar-refractivity contribution in [2.24, 2.45) is 10.7 Å². The average molecular weight is 436 g/mol. The molecule has 0 rings (SSSR count). The Kier molecular flexibility index (Phi) is 12.4. The number of aliphatic carboxylic acids is 2. The van der Waals surface area contributed by atoms with Gasteiger partial charge in [-0.05, 0) is 25.7 Å². The minimum Gasteiger partial charge on any atom is -0.481 e. The third kappa shape index (κ3) is 14.2. The lowest BCUT2D eigenvalue weighted by Gasteiger charge is -2.13. The molecule has 29 heavy (non-hydrogen) atoms. The van der Waals surface area contributed by atoms with Gasteiger partial charge in [0.25, 0.3) is 0 Å². The lowest BCUT2D eigenvalue weighted by Crippen LogP contribution is -2.16. The molecule has 1 unspecified atom stereocenters. The fraction of sp³-hybridized carbons (Fsp3) is 0.500. The van der Waals surface area contributed by atoms with Crippen LogP contribution >= 0.6 is 7.60 Å². The largest absolute Gasteiger partial charge is 0.481 e. The van der Waals surface area contributed by atoms with Crippen molar-refractivity contribution in [3.8, 4) is 0 Å².